The maximum absolute atomic E-state index is 10.7. The monoisotopic (exact) mass is 128 g/mol. The topological polar surface area (TPSA) is 55.6 Å². The summed E-state index contributed by atoms with van der Waals surface area (Å²) in [6.07, 6.45) is 0.344. The smallest absolute Gasteiger partial charge is 0.230 e. The van der Waals surface area contributed by atoms with Gasteiger partial charge in [-0.3, -0.25) is 9.69 Å². The van der Waals surface area contributed by atoms with Crippen molar-refractivity contribution in [2.24, 2.45) is 5.73 Å². The average Bonchev–Trinajstić information content (AvgIpc) is 2.04. The van der Waals surface area contributed by atoms with Crippen LogP contribution in [0.5, 0.6) is 0 Å². The highest BCUT2D eigenvalue weighted by Crippen LogP contribution is 2.26. The molecule has 0 bridgehead atoms. The molecule has 0 saturated carbocycles. The minimum absolute atomic E-state index is 0.00694. The highest BCUT2D eigenvalue weighted by atomic mass is 16.5. The van der Waals surface area contributed by atoms with Crippen LogP contribution >= 0.6 is 0 Å². The molecule has 2 aliphatic rings. The zero-order valence-corrected chi connectivity index (χ0v) is 4.91. The molecule has 1 amide bonds. The van der Waals surface area contributed by atoms with Crippen molar-refractivity contribution in [3.8, 4) is 0 Å². The molecule has 2 N–H and O–H groups in total. The van der Waals surface area contributed by atoms with Crippen LogP contribution in [0.25, 0.3) is 0 Å². The third kappa shape index (κ3) is 0.516. The summed E-state index contributed by atoms with van der Waals surface area (Å²) < 4.78 is 5.11. The molecule has 50 valence electrons. The number of rotatable bonds is 0. The Labute approximate surface area is 52.6 Å². The SMILES string of the molecule is NC1COC2CC(=O)N12. The second-order valence-corrected chi connectivity index (χ2v) is 2.36. The van der Waals surface area contributed by atoms with E-state index in [4.69, 9.17) is 10.5 Å². The van der Waals surface area contributed by atoms with Gasteiger partial charge in [0, 0.05) is 0 Å². The van der Waals surface area contributed by atoms with E-state index >= 15 is 0 Å². The van der Waals surface area contributed by atoms with Gasteiger partial charge in [0.2, 0.25) is 5.91 Å². The molecule has 2 fully saturated rings. The molecule has 0 radical (unpaired) electrons. The van der Waals surface area contributed by atoms with Crippen LogP contribution in [-0.4, -0.2) is 29.8 Å². The zero-order valence-electron chi connectivity index (χ0n) is 4.91. The van der Waals surface area contributed by atoms with Crippen molar-refractivity contribution in [1.29, 1.82) is 0 Å². The Kier molecular flexibility index (Phi) is 0.841. The Bertz CT molecular complexity index is 153. The first-order valence-electron chi connectivity index (χ1n) is 2.97. The third-order valence-corrected chi connectivity index (χ3v) is 1.76. The molecule has 2 atom stereocenters. The quantitative estimate of drug-likeness (QED) is 0.419. The summed E-state index contributed by atoms with van der Waals surface area (Å²) in [5, 5.41) is 0. The Morgan fingerprint density at radius 3 is 3.00 bits per heavy atom. The van der Waals surface area contributed by atoms with Crippen molar-refractivity contribution in [2.75, 3.05) is 6.61 Å². The third-order valence-electron chi connectivity index (χ3n) is 1.76. The number of amides is 1. The summed E-state index contributed by atoms with van der Waals surface area (Å²) in [6, 6.07) is 0. The van der Waals surface area contributed by atoms with Gasteiger partial charge in [0.1, 0.15) is 12.4 Å². The fraction of sp³-hybridized carbons (Fsp3) is 0.800. The molecule has 2 unspecified atom stereocenters. The lowest BCUT2D eigenvalue weighted by molar-refractivity contribution is -0.157. The molecule has 0 aromatic heterocycles. The summed E-state index contributed by atoms with van der Waals surface area (Å²) in [6.45, 7) is 0.496. The van der Waals surface area contributed by atoms with Crippen LogP contribution in [-0.2, 0) is 9.53 Å². The van der Waals surface area contributed by atoms with E-state index < -0.39 is 0 Å². The van der Waals surface area contributed by atoms with Crippen molar-refractivity contribution in [3.63, 3.8) is 0 Å². The van der Waals surface area contributed by atoms with Gasteiger partial charge < -0.3 is 10.5 Å². The minimum Gasteiger partial charge on any atom is -0.354 e. The lowest BCUT2D eigenvalue weighted by atomic mass is 10.2. The van der Waals surface area contributed by atoms with Gasteiger partial charge in [0.15, 0.2) is 0 Å². The number of hydrogen-bond acceptors (Lipinski definition) is 3. The fourth-order valence-electron chi connectivity index (χ4n) is 1.23. The minimum atomic E-state index is -0.184. The van der Waals surface area contributed by atoms with Crippen LogP contribution in [0.2, 0.25) is 0 Å². The van der Waals surface area contributed by atoms with E-state index in [1.807, 2.05) is 0 Å². The van der Waals surface area contributed by atoms with Crippen molar-refractivity contribution in [1.82, 2.24) is 4.90 Å². The summed E-state index contributed by atoms with van der Waals surface area (Å²) in [7, 11) is 0. The van der Waals surface area contributed by atoms with E-state index in [1.165, 1.54) is 0 Å². The fourth-order valence-corrected chi connectivity index (χ4v) is 1.23. The van der Waals surface area contributed by atoms with Crippen LogP contribution in [0.3, 0.4) is 0 Å². The van der Waals surface area contributed by atoms with E-state index in [9.17, 15) is 4.79 Å². The number of carbonyl (C=O) groups is 1. The lowest BCUT2D eigenvalue weighted by Crippen LogP contribution is -2.55. The summed E-state index contributed by atoms with van der Waals surface area (Å²) in [5.74, 6) is 0.116. The molecular formula is C5H8N2O2. The van der Waals surface area contributed by atoms with Crippen molar-refractivity contribution >= 4 is 5.91 Å². The molecule has 2 rings (SSSR count). The number of hydrogen-bond donors (Lipinski definition) is 1. The Morgan fingerprint density at radius 1 is 1.78 bits per heavy atom. The molecule has 0 aliphatic carbocycles. The summed E-state index contributed by atoms with van der Waals surface area (Å²) >= 11 is 0. The highest BCUT2D eigenvalue weighted by molar-refractivity contribution is 5.83. The highest BCUT2D eigenvalue weighted by Gasteiger charge is 2.45. The van der Waals surface area contributed by atoms with Crippen LogP contribution in [0, 0.1) is 0 Å². The van der Waals surface area contributed by atoms with E-state index in [1.54, 1.807) is 4.90 Å². The Balaban J connectivity index is 2.14. The number of ether oxygens (including phenoxy) is 1. The number of nitrogens with zero attached hydrogens (tertiary/aromatic N) is 1. The number of nitrogens with two attached hydrogens (primary N) is 1. The predicted molar refractivity (Wildman–Crippen MR) is 29.2 cm³/mol. The van der Waals surface area contributed by atoms with Gasteiger partial charge in [-0.1, -0.05) is 0 Å². The van der Waals surface area contributed by atoms with Gasteiger partial charge >= 0.3 is 0 Å². The molecule has 0 spiro atoms. The maximum atomic E-state index is 10.7. The van der Waals surface area contributed by atoms with Gasteiger partial charge in [-0.05, 0) is 0 Å². The van der Waals surface area contributed by atoms with Crippen LogP contribution in [0.4, 0.5) is 0 Å². The zero-order chi connectivity index (χ0) is 6.43. The lowest BCUT2D eigenvalue weighted by Gasteiger charge is -2.34. The van der Waals surface area contributed by atoms with E-state index in [0.29, 0.717) is 13.0 Å². The molecule has 2 heterocycles. The number of fused-ring (bicyclic) bond motifs is 1. The first-order chi connectivity index (χ1) is 4.29. The van der Waals surface area contributed by atoms with Gasteiger partial charge in [0.25, 0.3) is 0 Å². The van der Waals surface area contributed by atoms with Crippen LogP contribution in [0.1, 0.15) is 6.42 Å². The molecule has 2 aliphatic heterocycles. The van der Waals surface area contributed by atoms with Gasteiger partial charge in [-0.15, -0.1) is 0 Å². The summed E-state index contributed by atoms with van der Waals surface area (Å²) in [5.41, 5.74) is 5.49. The summed E-state index contributed by atoms with van der Waals surface area (Å²) in [4.78, 5) is 12.3. The standard InChI is InChI=1S/C5H8N2O2/c6-3-2-9-5-1-4(8)7(3)5/h3,5H,1-2,6H2. The largest absolute Gasteiger partial charge is 0.354 e. The maximum Gasteiger partial charge on any atom is 0.230 e. The van der Waals surface area contributed by atoms with Gasteiger partial charge in [-0.2, -0.15) is 0 Å². The van der Waals surface area contributed by atoms with E-state index in [-0.39, 0.29) is 18.3 Å². The van der Waals surface area contributed by atoms with Crippen molar-refractivity contribution in [2.45, 2.75) is 18.8 Å². The van der Waals surface area contributed by atoms with E-state index in [0.717, 1.165) is 0 Å². The number of β-lactam (4-membered cyclic amide) rings is 1. The predicted octanol–water partition coefficient (Wildman–Crippen LogP) is -1.14. The van der Waals surface area contributed by atoms with Gasteiger partial charge in [0.05, 0.1) is 13.0 Å². The second kappa shape index (κ2) is 1.46. The van der Waals surface area contributed by atoms with Crippen molar-refractivity contribution < 1.29 is 9.53 Å². The molecule has 0 aromatic carbocycles. The molecule has 4 heteroatoms. The first-order valence-corrected chi connectivity index (χ1v) is 2.97. The van der Waals surface area contributed by atoms with Crippen molar-refractivity contribution in [3.05, 3.63) is 0 Å². The normalized spacial score (nSPS) is 40.6. The first kappa shape index (κ1) is 5.20. The number of carbonyl (C=O) groups excluding carboxylic acids is 1. The molecule has 4 nitrogen and oxygen atoms in total. The van der Waals surface area contributed by atoms with E-state index in [2.05, 4.69) is 0 Å². The molecule has 9 heavy (non-hydrogen) atoms. The second-order valence-electron chi connectivity index (χ2n) is 2.36. The molecular weight excluding hydrogens is 120 g/mol. The average molecular weight is 128 g/mol. The molecule has 2 saturated heterocycles. The Hall–Kier alpha value is -0.610. The molecule has 0 aromatic rings. The Morgan fingerprint density at radius 2 is 2.56 bits per heavy atom. The van der Waals surface area contributed by atoms with Gasteiger partial charge in [-0.25, -0.2) is 0 Å². The van der Waals surface area contributed by atoms with Crippen LogP contribution in [0.15, 0.2) is 0 Å². The van der Waals surface area contributed by atoms with Crippen LogP contribution < -0.4 is 5.73 Å².